The normalized spacial score (nSPS) is 33.8. The predicted octanol–water partition coefficient (Wildman–Crippen LogP) is 2.11. The zero-order chi connectivity index (χ0) is 6.69. The number of nitriles is 1. The number of allylic oxidation sites excluding steroid dienone is 2. The van der Waals surface area contributed by atoms with E-state index in [0.717, 1.165) is 6.42 Å². The fraction of sp³-hybridized carbons (Fsp3) is 0.625. The van der Waals surface area contributed by atoms with Crippen LogP contribution in [0, 0.1) is 23.2 Å². The lowest BCUT2D eigenvalue weighted by atomic mass is 9.74. The standard InChI is InChI=1S/C8H11N/c1-2-3-7-4-5-8(7)6-9/h2-3,7-8H,4-5H2,1H3/b3-2-/t7-,8-/m1/s1. The van der Waals surface area contributed by atoms with Crippen LogP contribution in [0.25, 0.3) is 0 Å². The molecule has 0 aromatic carbocycles. The minimum absolute atomic E-state index is 0.321. The summed E-state index contributed by atoms with van der Waals surface area (Å²) in [5, 5.41) is 8.50. The van der Waals surface area contributed by atoms with Crippen molar-refractivity contribution in [3.8, 4) is 6.07 Å². The van der Waals surface area contributed by atoms with Gasteiger partial charge in [-0.15, -0.1) is 0 Å². The van der Waals surface area contributed by atoms with E-state index in [1.807, 2.05) is 13.0 Å². The van der Waals surface area contributed by atoms with Crippen molar-refractivity contribution in [2.24, 2.45) is 11.8 Å². The summed E-state index contributed by atoms with van der Waals surface area (Å²) < 4.78 is 0. The molecule has 0 radical (unpaired) electrons. The first-order valence-corrected chi connectivity index (χ1v) is 3.41. The van der Waals surface area contributed by atoms with Crippen LogP contribution in [-0.4, -0.2) is 0 Å². The van der Waals surface area contributed by atoms with Gasteiger partial charge in [0.15, 0.2) is 0 Å². The monoisotopic (exact) mass is 121 g/mol. The second-order valence-electron chi connectivity index (χ2n) is 2.50. The lowest BCUT2D eigenvalue weighted by Gasteiger charge is -2.28. The second-order valence-corrected chi connectivity index (χ2v) is 2.50. The van der Waals surface area contributed by atoms with Crippen molar-refractivity contribution < 1.29 is 0 Å². The molecule has 0 aromatic heterocycles. The first-order valence-electron chi connectivity index (χ1n) is 3.41. The number of nitrogens with zero attached hydrogens (tertiary/aromatic N) is 1. The van der Waals surface area contributed by atoms with E-state index in [0.29, 0.717) is 11.8 Å². The summed E-state index contributed by atoms with van der Waals surface area (Å²) in [6.07, 6.45) is 6.49. The van der Waals surface area contributed by atoms with Crippen molar-refractivity contribution in [3.05, 3.63) is 12.2 Å². The van der Waals surface area contributed by atoms with Gasteiger partial charge in [0.1, 0.15) is 0 Å². The molecule has 9 heavy (non-hydrogen) atoms. The molecule has 0 saturated heterocycles. The first-order chi connectivity index (χ1) is 4.38. The molecule has 48 valence electrons. The van der Waals surface area contributed by atoms with Crippen LogP contribution in [0.3, 0.4) is 0 Å². The Kier molecular flexibility index (Phi) is 1.89. The quantitative estimate of drug-likeness (QED) is 0.487. The van der Waals surface area contributed by atoms with E-state index in [1.54, 1.807) is 0 Å². The van der Waals surface area contributed by atoms with Gasteiger partial charge in [-0.3, -0.25) is 0 Å². The molecule has 1 rings (SSSR count). The van der Waals surface area contributed by atoms with Gasteiger partial charge in [-0.1, -0.05) is 12.2 Å². The third-order valence-corrected chi connectivity index (χ3v) is 1.93. The summed E-state index contributed by atoms with van der Waals surface area (Å²) in [5.74, 6) is 0.890. The largest absolute Gasteiger partial charge is 0.198 e. The molecule has 0 amide bonds. The summed E-state index contributed by atoms with van der Waals surface area (Å²) >= 11 is 0. The third-order valence-electron chi connectivity index (χ3n) is 1.93. The van der Waals surface area contributed by atoms with Crippen LogP contribution < -0.4 is 0 Å². The van der Waals surface area contributed by atoms with Gasteiger partial charge >= 0.3 is 0 Å². The maximum absolute atomic E-state index is 8.50. The molecule has 1 heteroatoms. The smallest absolute Gasteiger partial charge is 0.0661 e. The molecule has 0 aromatic rings. The minimum atomic E-state index is 0.321. The number of rotatable bonds is 1. The van der Waals surface area contributed by atoms with Crippen LogP contribution in [-0.2, 0) is 0 Å². The first kappa shape index (κ1) is 6.35. The van der Waals surface area contributed by atoms with Crippen LogP contribution in [0.5, 0.6) is 0 Å². The Morgan fingerprint density at radius 3 is 2.67 bits per heavy atom. The molecule has 2 atom stereocenters. The summed E-state index contributed by atoms with van der Waals surface area (Å²) in [4.78, 5) is 0. The molecule has 0 bridgehead atoms. The molecule has 1 saturated carbocycles. The molecule has 0 heterocycles. The van der Waals surface area contributed by atoms with Crippen molar-refractivity contribution in [1.29, 1.82) is 5.26 Å². The Morgan fingerprint density at radius 1 is 1.56 bits per heavy atom. The van der Waals surface area contributed by atoms with Crippen LogP contribution in [0.1, 0.15) is 19.8 Å². The van der Waals surface area contributed by atoms with Crippen LogP contribution in [0.2, 0.25) is 0 Å². The van der Waals surface area contributed by atoms with E-state index >= 15 is 0 Å². The molecule has 0 aliphatic heterocycles. The van der Waals surface area contributed by atoms with Crippen molar-refractivity contribution in [3.63, 3.8) is 0 Å². The average molecular weight is 121 g/mol. The van der Waals surface area contributed by atoms with Gasteiger partial charge in [0.05, 0.1) is 12.0 Å². The van der Waals surface area contributed by atoms with Gasteiger partial charge in [0, 0.05) is 0 Å². The summed E-state index contributed by atoms with van der Waals surface area (Å²) in [7, 11) is 0. The van der Waals surface area contributed by atoms with Crippen molar-refractivity contribution in [1.82, 2.24) is 0 Å². The van der Waals surface area contributed by atoms with Gasteiger partial charge in [-0.25, -0.2) is 0 Å². The van der Waals surface area contributed by atoms with E-state index in [4.69, 9.17) is 5.26 Å². The highest BCUT2D eigenvalue weighted by Gasteiger charge is 2.27. The lowest BCUT2D eigenvalue weighted by Crippen LogP contribution is -2.21. The Bertz CT molecular complexity index is 152. The summed E-state index contributed by atoms with van der Waals surface area (Å²) in [6, 6.07) is 2.29. The van der Waals surface area contributed by atoms with Crippen LogP contribution in [0.4, 0.5) is 0 Å². The zero-order valence-electron chi connectivity index (χ0n) is 5.67. The molecular formula is C8H11N. The fourth-order valence-corrected chi connectivity index (χ4v) is 1.16. The fourth-order valence-electron chi connectivity index (χ4n) is 1.16. The molecule has 0 unspecified atom stereocenters. The second kappa shape index (κ2) is 2.68. The van der Waals surface area contributed by atoms with E-state index in [9.17, 15) is 0 Å². The number of hydrogen-bond acceptors (Lipinski definition) is 1. The Hall–Kier alpha value is -0.770. The molecule has 1 fully saturated rings. The van der Waals surface area contributed by atoms with Gasteiger partial charge in [-0.05, 0) is 25.7 Å². The summed E-state index contributed by atoms with van der Waals surface area (Å²) in [5.41, 5.74) is 0. The lowest BCUT2D eigenvalue weighted by molar-refractivity contribution is 0.294. The van der Waals surface area contributed by atoms with Gasteiger partial charge < -0.3 is 0 Å². The molecular weight excluding hydrogens is 110 g/mol. The van der Waals surface area contributed by atoms with Crippen molar-refractivity contribution >= 4 is 0 Å². The minimum Gasteiger partial charge on any atom is -0.198 e. The van der Waals surface area contributed by atoms with Crippen LogP contribution in [0.15, 0.2) is 12.2 Å². The van der Waals surface area contributed by atoms with Gasteiger partial charge in [0.2, 0.25) is 0 Å². The van der Waals surface area contributed by atoms with E-state index in [-0.39, 0.29) is 0 Å². The van der Waals surface area contributed by atoms with Gasteiger partial charge in [-0.2, -0.15) is 5.26 Å². The third kappa shape index (κ3) is 1.13. The molecule has 1 nitrogen and oxygen atoms in total. The highest BCUT2D eigenvalue weighted by atomic mass is 14.4. The van der Waals surface area contributed by atoms with E-state index < -0.39 is 0 Å². The Balaban J connectivity index is 2.38. The highest BCUT2D eigenvalue weighted by Crippen LogP contribution is 2.34. The predicted molar refractivity (Wildman–Crippen MR) is 36.6 cm³/mol. The highest BCUT2D eigenvalue weighted by molar-refractivity contribution is 5.04. The average Bonchev–Trinajstić information content (AvgIpc) is 1.82. The molecule has 1 aliphatic rings. The van der Waals surface area contributed by atoms with E-state index in [2.05, 4.69) is 12.1 Å². The molecule has 0 spiro atoms. The van der Waals surface area contributed by atoms with E-state index in [1.165, 1.54) is 6.42 Å². The Labute approximate surface area is 56.0 Å². The van der Waals surface area contributed by atoms with Crippen molar-refractivity contribution in [2.45, 2.75) is 19.8 Å². The van der Waals surface area contributed by atoms with Crippen molar-refractivity contribution in [2.75, 3.05) is 0 Å². The van der Waals surface area contributed by atoms with Gasteiger partial charge in [0.25, 0.3) is 0 Å². The SMILES string of the molecule is C/C=C\[C@@H]1CC[C@@H]1C#N. The molecule has 1 aliphatic carbocycles. The number of hydrogen-bond donors (Lipinski definition) is 0. The maximum Gasteiger partial charge on any atom is 0.0661 e. The zero-order valence-corrected chi connectivity index (χ0v) is 5.67. The molecule has 0 N–H and O–H groups in total. The summed E-state index contributed by atoms with van der Waals surface area (Å²) in [6.45, 7) is 2.01. The van der Waals surface area contributed by atoms with Crippen LogP contribution >= 0.6 is 0 Å². The Morgan fingerprint density at radius 2 is 2.33 bits per heavy atom. The maximum atomic E-state index is 8.50. The topological polar surface area (TPSA) is 23.8 Å².